The van der Waals surface area contributed by atoms with Crippen LogP contribution in [0.1, 0.15) is 13.8 Å². The zero-order valence-corrected chi connectivity index (χ0v) is 9.80. The van der Waals surface area contributed by atoms with Crippen molar-refractivity contribution >= 4 is 12.8 Å². The second-order valence-corrected chi connectivity index (χ2v) is 3.33. The summed E-state index contributed by atoms with van der Waals surface area (Å²) in [4.78, 5) is 24.3. The van der Waals surface area contributed by atoms with Crippen LogP contribution in [0.3, 0.4) is 0 Å². The number of rotatable bonds is 8. The summed E-state index contributed by atoms with van der Waals surface area (Å²) >= 11 is 0. The van der Waals surface area contributed by atoms with E-state index in [0.29, 0.717) is 25.3 Å². The summed E-state index contributed by atoms with van der Waals surface area (Å²) in [6, 6.07) is 0. The van der Waals surface area contributed by atoms with Crippen LogP contribution in [-0.4, -0.2) is 42.3 Å². The maximum absolute atomic E-state index is 10.7. The Kier molecular flexibility index (Phi) is 7.57. The molecule has 0 fully saturated rings. The molecule has 0 spiro atoms. The van der Waals surface area contributed by atoms with Gasteiger partial charge in [-0.25, -0.2) is 0 Å². The Hall–Kier alpha value is -1.78. The van der Waals surface area contributed by atoms with Crippen LogP contribution in [0.5, 0.6) is 0 Å². The fourth-order valence-electron chi connectivity index (χ4n) is 0.997. The monoisotopic (exact) mass is 225 g/mol. The molecule has 5 heteroatoms. The number of allylic oxidation sites excluding steroid dienone is 3. The van der Waals surface area contributed by atoms with Crippen LogP contribution in [0.2, 0.25) is 0 Å². The Morgan fingerprint density at radius 1 is 1.25 bits per heavy atom. The Labute approximate surface area is 96.2 Å². The van der Waals surface area contributed by atoms with Gasteiger partial charge in [-0.2, -0.15) is 0 Å². The van der Waals surface area contributed by atoms with Gasteiger partial charge in [-0.3, -0.25) is 9.59 Å². The summed E-state index contributed by atoms with van der Waals surface area (Å²) in [7, 11) is 0. The van der Waals surface area contributed by atoms with Gasteiger partial charge in [-0.05, 0) is 26.0 Å². The molecule has 2 N–H and O–H groups in total. The molecule has 0 aliphatic rings. The minimum atomic E-state index is 0.476. The summed E-state index contributed by atoms with van der Waals surface area (Å²) < 4.78 is 0. The maximum Gasteiger partial charge on any atom is 0.213 e. The second-order valence-electron chi connectivity index (χ2n) is 3.33. The van der Waals surface area contributed by atoms with E-state index >= 15 is 0 Å². The summed E-state index contributed by atoms with van der Waals surface area (Å²) in [5.74, 6) is 0. The summed E-state index contributed by atoms with van der Waals surface area (Å²) in [5, 5.41) is 0. The zero-order valence-electron chi connectivity index (χ0n) is 9.80. The molecule has 2 amide bonds. The van der Waals surface area contributed by atoms with Crippen LogP contribution in [0.4, 0.5) is 0 Å². The van der Waals surface area contributed by atoms with Crippen molar-refractivity contribution in [3.63, 3.8) is 0 Å². The molecule has 0 atom stereocenters. The molecule has 0 aromatic rings. The van der Waals surface area contributed by atoms with E-state index in [1.165, 1.54) is 4.90 Å². The molecule has 5 nitrogen and oxygen atoms in total. The molecule has 90 valence electrons. The maximum atomic E-state index is 10.7. The van der Waals surface area contributed by atoms with Gasteiger partial charge in [0.15, 0.2) is 0 Å². The van der Waals surface area contributed by atoms with E-state index in [-0.39, 0.29) is 0 Å². The molecular formula is C11H19N3O2. The average Bonchev–Trinajstić information content (AvgIpc) is 2.27. The van der Waals surface area contributed by atoms with E-state index < -0.39 is 0 Å². The number of amides is 2. The first-order chi connectivity index (χ1) is 7.63. The lowest BCUT2D eigenvalue weighted by molar-refractivity contribution is -0.120. The van der Waals surface area contributed by atoms with Gasteiger partial charge in [-0.1, -0.05) is 0 Å². The third kappa shape index (κ3) is 6.64. The van der Waals surface area contributed by atoms with Crippen molar-refractivity contribution in [2.45, 2.75) is 13.8 Å². The lowest BCUT2D eigenvalue weighted by atomic mass is 10.4. The average molecular weight is 225 g/mol. The number of carbonyl (C=O) groups excluding carboxylic acids is 2. The van der Waals surface area contributed by atoms with Gasteiger partial charge in [0.05, 0.1) is 0 Å². The fourth-order valence-corrected chi connectivity index (χ4v) is 0.997. The van der Waals surface area contributed by atoms with Crippen molar-refractivity contribution in [2.24, 2.45) is 5.73 Å². The minimum absolute atomic E-state index is 0.476. The third-order valence-corrected chi connectivity index (χ3v) is 1.97. The van der Waals surface area contributed by atoms with Crippen molar-refractivity contribution in [3.05, 3.63) is 24.0 Å². The Morgan fingerprint density at radius 2 is 1.94 bits per heavy atom. The van der Waals surface area contributed by atoms with E-state index in [2.05, 4.69) is 0 Å². The molecule has 0 aromatic carbocycles. The number of nitrogens with two attached hydrogens (primary N) is 1. The highest BCUT2D eigenvalue weighted by Gasteiger charge is 2.00. The van der Waals surface area contributed by atoms with Crippen molar-refractivity contribution in [3.8, 4) is 0 Å². The topological polar surface area (TPSA) is 66.6 Å². The highest BCUT2D eigenvalue weighted by Crippen LogP contribution is 1.90. The van der Waals surface area contributed by atoms with Gasteiger partial charge in [0.25, 0.3) is 0 Å². The normalized spacial score (nSPS) is 11.5. The molecule has 0 rings (SSSR count). The van der Waals surface area contributed by atoms with Gasteiger partial charge >= 0.3 is 0 Å². The number of carbonyl (C=O) groups is 2. The minimum Gasteiger partial charge on any atom is -0.402 e. The van der Waals surface area contributed by atoms with E-state index in [9.17, 15) is 9.59 Å². The summed E-state index contributed by atoms with van der Waals surface area (Å²) in [6.07, 6.45) is 6.52. The van der Waals surface area contributed by atoms with Crippen molar-refractivity contribution in [1.29, 1.82) is 0 Å². The Morgan fingerprint density at radius 3 is 2.38 bits per heavy atom. The lowest BCUT2D eigenvalue weighted by Crippen LogP contribution is -2.31. The quantitative estimate of drug-likeness (QED) is 0.477. The molecule has 0 bridgehead atoms. The first-order valence-electron chi connectivity index (χ1n) is 5.15. The van der Waals surface area contributed by atoms with E-state index in [4.69, 9.17) is 5.73 Å². The van der Waals surface area contributed by atoms with Crippen LogP contribution in [0.15, 0.2) is 24.0 Å². The van der Waals surface area contributed by atoms with Crippen LogP contribution in [0, 0.1) is 0 Å². The highest BCUT2D eigenvalue weighted by molar-refractivity contribution is 5.50. The number of likely N-dealkylation sites (N-methyl/N-ethyl adjacent to an activating group) is 1. The van der Waals surface area contributed by atoms with Gasteiger partial charge in [-0.15, -0.1) is 0 Å². The molecule has 0 saturated heterocycles. The lowest BCUT2D eigenvalue weighted by Gasteiger charge is -2.18. The molecule has 0 aromatic heterocycles. The summed E-state index contributed by atoms with van der Waals surface area (Å²) in [5.41, 5.74) is 6.11. The molecule has 0 radical (unpaired) electrons. The molecular weight excluding hydrogens is 206 g/mol. The second kappa shape index (κ2) is 8.52. The van der Waals surface area contributed by atoms with Crippen LogP contribution in [-0.2, 0) is 9.59 Å². The first-order valence-corrected chi connectivity index (χ1v) is 5.15. The SMILES string of the molecule is CCN(C=O)CCN(C=O)/C=C/C=C(/C)N. The molecule has 16 heavy (non-hydrogen) atoms. The number of hydrogen-bond donors (Lipinski definition) is 1. The molecule has 0 unspecified atom stereocenters. The predicted octanol–water partition coefficient (Wildman–Crippen LogP) is 0.299. The van der Waals surface area contributed by atoms with Crippen LogP contribution < -0.4 is 5.73 Å². The Bertz CT molecular complexity index is 270. The van der Waals surface area contributed by atoms with E-state index in [1.807, 2.05) is 6.92 Å². The number of nitrogens with zero attached hydrogens (tertiary/aromatic N) is 2. The zero-order chi connectivity index (χ0) is 12.4. The predicted molar refractivity (Wildman–Crippen MR) is 63.2 cm³/mol. The van der Waals surface area contributed by atoms with Crippen LogP contribution in [0.25, 0.3) is 0 Å². The largest absolute Gasteiger partial charge is 0.402 e. The molecule has 0 saturated carbocycles. The molecule has 0 aliphatic heterocycles. The highest BCUT2D eigenvalue weighted by atomic mass is 16.1. The smallest absolute Gasteiger partial charge is 0.213 e. The standard InChI is InChI=1S/C11H19N3O2/c1-3-13(9-15)7-8-14(10-16)6-4-5-11(2)12/h4-6,9-10H,3,7-8,12H2,1-2H3/b6-4+,11-5-. The Balaban J connectivity index is 4.10. The van der Waals surface area contributed by atoms with Gasteiger partial charge in [0.1, 0.15) is 0 Å². The summed E-state index contributed by atoms with van der Waals surface area (Å²) in [6.45, 7) is 5.29. The van der Waals surface area contributed by atoms with Crippen molar-refractivity contribution in [2.75, 3.05) is 19.6 Å². The van der Waals surface area contributed by atoms with Crippen molar-refractivity contribution < 1.29 is 9.59 Å². The first kappa shape index (κ1) is 14.2. The van der Waals surface area contributed by atoms with Gasteiger partial charge in [0, 0.05) is 31.5 Å². The molecule has 0 heterocycles. The van der Waals surface area contributed by atoms with Crippen LogP contribution >= 0.6 is 0 Å². The third-order valence-electron chi connectivity index (χ3n) is 1.97. The van der Waals surface area contributed by atoms with Gasteiger partial charge < -0.3 is 15.5 Å². The van der Waals surface area contributed by atoms with Gasteiger partial charge in [0.2, 0.25) is 12.8 Å². The van der Waals surface area contributed by atoms with E-state index in [1.54, 1.807) is 30.2 Å². The number of hydrogen-bond acceptors (Lipinski definition) is 3. The fraction of sp³-hybridized carbons (Fsp3) is 0.455. The van der Waals surface area contributed by atoms with E-state index in [0.717, 1.165) is 12.8 Å². The van der Waals surface area contributed by atoms with Crippen molar-refractivity contribution in [1.82, 2.24) is 9.80 Å². The molecule has 0 aliphatic carbocycles.